The topological polar surface area (TPSA) is 49.8 Å². The van der Waals surface area contributed by atoms with Gasteiger partial charge in [-0.15, -0.1) is 0 Å². The van der Waals surface area contributed by atoms with Gasteiger partial charge in [0.2, 0.25) is 0 Å². The average Bonchev–Trinajstić information content (AvgIpc) is 2.78. The number of halogens is 2. The Morgan fingerprint density at radius 1 is 1.45 bits per heavy atom. The molecule has 1 saturated heterocycles. The van der Waals surface area contributed by atoms with Gasteiger partial charge in [-0.3, -0.25) is 4.79 Å². The van der Waals surface area contributed by atoms with E-state index >= 15 is 0 Å². The SMILES string of the molecule is O=C(c1ccc2c(c1)B(O)OC2)N1CCCC(F)(F)C1. The fourth-order valence-electron chi connectivity index (χ4n) is 2.67. The summed E-state index contributed by atoms with van der Waals surface area (Å²) in [5.74, 6) is -3.24. The summed E-state index contributed by atoms with van der Waals surface area (Å²) in [6.45, 7) is 0.0965. The molecule has 0 bridgehead atoms. The predicted molar refractivity (Wildman–Crippen MR) is 68.9 cm³/mol. The summed E-state index contributed by atoms with van der Waals surface area (Å²) in [5.41, 5.74) is 1.67. The number of carbonyl (C=O) groups excluding carboxylic acids is 1. The maximum Gasteiger partial charge on any atom is 0.491 e. The van der Waals surface area contributed by atoms with Gasteiger partial charge >= 0.3 is 7.12 Å². The number of carbonyl (C=O) groups is 1. The normalized spacial score (nSPS) is 20.9. The van der Waals surface area contributed by atoms with Gasteiger partial charge in [-0.2, -0.15) is 0 Å². The number of fused-ring (bicyclic) bond motifs is 1. The lowest BCUT2D eigenvalue weighted by atomic mass is 9.78. The Labute approximate surface area is 115 Å². The molecule has 4 nitrogen and oxygen atoms in total. The van der Waals surface area contributed by atoms with E-state index in [-0.39, 0.29) is 6.42 Å². The van der Waals surface area contributed by atoms with Gasteiger partial charge in [0.05, 0.1) is 13.2 Å². The summed E-state index contributed by atoms with van der Waals surface area (Å²) >= 11 is 0. The largest absolute Gasteiger partial charge is 0.491 e. The van der Waals surface area contributed by atoms with Crippen LogP contribution in [0.15, 0.2) is 18.2 Å². The number of rotatable bonds is 1. The highest BCUT2D eigenvalue weighted by molar-refractivity contribution is 6.61. The van der Waals surface area contributed by atoms with E-state index in [1.165, 1.54) is 11.0 Å². The fraction of sp³-hybridized carbons (Fsp3) is 0.462. The number of benzene rings is 1. The van der Waals surface area contributed by atoms with E-state index in [1.54, 1.807) is 12.1 Å². The van der Waals surface area contributed by atoms with E-state index in [9.17, 15) is 18.6 Å². The smallest absolute Gasteiger partial charge is 0.423 e. The third-order valence-corrected chi connectivity index (χ3v) is 3.74. The molecule has 0 saturated carbocycles. The quantitative estimate of drug-likeness (QED) is 0.774. The number of amides is 1. The molecule has 0 radical (unpaired) electrons. The summed E-state index contributed by atoms with van der Waals surface area (Å²) in [5, 5.41) is 9.61. The van der Waals surface area contributed by atoms with Crippen molar-refractivity contribution in [3.63, 3.8) is 0 Å². The van der Waals surface area contributed by atoms with Crippen LogP contribution in [0, 0.1) is 0 Å². The lowest BCUT2D eigenvalue weighted by molar-refractivity contribution is -0.0560. The molecule has 106 valence electrons. The number of likely N-dealkylation sites (tertiary alicyclic amines) is 1. The van der Waals surface area contributed by atoms with Crippen molar-refractivity contribution in [3.8, 4) is 0 Å². The van der Waals surface area contributed by atoms with Crippen LogP contribution in [0.5, 0.6) is 0 Å². The molecule has 2 aliphatic heterocycles. The van der Waals surface area contributed by atoms with Crippen LogP contribution in [-0.2, 0) is 11.3 Å². The Morgan fingerprint density at radius 2 is 2.25 bits per heavy atom. The van der Waals surface area contributed by atoms with Crippen LogP contribution < -0.4 is 5.46 Å². The monoisotopic (exact) mass is 281 g/mol. The zero-order valence-electron chi connectivity index (χ0n) is 10.8. The number of hydrogen-bond acceptors (Lipinski definition) is 3. The lowest BCUT2D eigenvalue weighted by Crippen LogP contribution is -2.46. The van der Waals surface area contributed by atoms with Gasteiger partial charge < -0.3 is 14.6 Å². The van der Waals surface area contributed by atoms with Crippen molar-refractivity contribution in [2.24, 2.45) is 0 Å². The molecule has 1 fully saturated rings. The van der Waals surface area contributed by atoms with Gasteiger partial charge in [0.25, 0.3) is 11.8 Å². The van der Waals surface area contributed by atoms with Crippen LogP contribution in [0.1, 0.15) is 28.8 Å². The Balaban J connectivity index is 1.82. The number of hydrogen-bond donors (Lipinski definition) is 1. The summed E-state index contributed by atoms with van der Waals surface area (Å²) in [6.07, 6.45) is 0.128. The van der Waals surface area contributed by atoms with Crippen molar-refractivity contribution in [3.05, 3.63) is 29.3 Å². The van der Waals surface area contributed by atoms with Gasteiger partial charge in [0, 0.05) is 18.5 Å². The second-order valence-corrected chi connectivity index (χ2v) is 5.26. The highest BCUT2D eigenvalue weighted by Gasteiger charge is 2.37. The van der Waals surface area contributed by atoms with Gasteiger partial charge in [-0.05, 0) is 29.6 Å². The zero-order chi connectivity index (χ0) is 14.3. The van der Waals surface area contributed by atoms with Crippen LogP contribution >= 0.6 is 0 Å². The van der Waals surface area contributed by atoms with E-state index in [1.807, 2.05) is 0 Å². The molecular formula is C13H14BF2NO3. The first-order valence-corrected chi connectivity index (χ1v) is 6.56. The van der Waals surface area contributed by atoms with Crippen molar-refractivity contribution in [2.75, 3.05) is 13.1 Å². The molecule has 0 spiro atoms. The summed E-state index contributed by atoms with van der Waals surface area (Å²) < 4.78 is 31.8. The molecule has 2 aliphatic rings. The highest BCUT2D eigenvalue weighted by atomic mass is 19.3. The van der Waals surface area contributed by atoms with Crippen molar-refractivity contribution in [2.45, 2.75) is 25.4 Å². The lowest BCUT2D eigenvalue weighted by Gasteiger charge is -2.32. The first-order chi connectivity index (χ1) is 9.46. The van der Waals surface area contributed by atoms with Crippen LogP contribution in [0.4, 0.5) is 8.78 Å². The predicted octanol–water partition coefficient (Wildman–Crippen LogP) is 0.776. The Bertz CT molecular complexity index is 552. The molecule has 1 N–H and O–H groups in total. The van der Waals surface area contributed by atoms with Gasteiger partial charge in [-0.25, -0.2) is 8.78 Å². The van der Waals surface area contributed by atoms with Crippen LogP contribution in [0.2, 0.25) is 0 Å². The van der Waals surface area contributed by atoms with Crippen molar-refractivity contribution >= 4 is 18.5 Å². The fourth-order valence-corrected chi connectivity index (χ4v) is 2.67. The third-order valence-electron chi connectivity index (χ3n) is 3.74. The number of nitrogens with zero attached hydrogens (tertiary/aromatic N) is 1. The maximum absolute atomic E-state index is 13.4. The minimum absolute atomic E-state index is 0.173. The van der Waals surface area contributed by atoms with Crippen molar-refractivity contribution in [1.29, 1.82) is 0 Å². The van der Waals surface area contributed by atoms with Crippen LogP contribution in [0.3, 0.4) is 0 Å². The minimum atomic E-state index is -2.81. The molecule has 1 aromatic carbocycles. The standard InChI is InChI=1S/C13H14BF2NO3/c15-13(16)4-1-5-17(8-13)12(18)9-2-3-10-7-20-14(19)11(10)6-9/h2-3,6,19H,1,4-5,7-8H2. The minimum Gasteiger partial charge on any atom is -0.423 e. The third kappa shape index (κ3) is 2.43. The maximum atomic E-state index is 13.4. The van der Waals surface area contributed by atoms with E-state index in [0.717, 1.165) is 5.56 Å². The average molecular weight is 281 g/mol. The molecule has 0 atom stereocenters. The first-order valence-electron chi connectivity index (χ1n) is 6.56. The molecule has 3 rings (SSSR count). The molecule has 2 heterocycles. The van der Waals surface area contributed by atoms with E-state index in [0.29, 0.717) is 30.6 Å². The molecule has 0 aromatic heterocycles. The first kappa shape index (κ1) is 13.5. The van der Waals surface area contributed by atoms with Gasteiger partial charge in [0.15, 0.2) is 0 Å². The molecule has 0 unspecified atom stereocenters. The Morgan fingerprint density at radius 3 is 3.00 bits per heavy atom. The molecule has 20 heavy (non-hydrogen) atoms. The van der Waals surface area contributed by atoms with Crippen LogP contribution in [0.25, 0.3) is 0 Å². The summed E-state index contributed by atoms with van der Waals surface area (Å²) in [6, 6.07) is 4.82. The molecular weight excluding hydrogens is 267 g/mol. The molecule has 1 amide bonds. The summed E-state index contributed by atoms with van der Waals surface area (Å²) in [4.78, 5) is 13.4. The zero-order valence-corrected chi connectivity index (χ0v) is 10.8. The second-order valence-electron chi connectivity index (χ2n) is 5.26. The highest BCUT2D eigenvalue weighted by Crippen LogP contribution is 2.27. The molecule has 1 aromatic rings. The Hall–Kier alpha value is -1.47. The van der Waals surface area contributed by atoms with E-state index in [2.05, 4.69) is 0 Å². The summed E-state index contributed by atoms with van der Waals surface area (Å²) in [7, 11) is -1.04. The number of alkyl halides is 2. The Kier molecular flexibility index (Phi) is 3.26. The van der Waals surface area contributed by atoms with E-state index < -0.39 is 25.5 Å². The van der Waals surface area contributed by atoms with Gasteiger partial charge in [0.1, 0.15) is 0 Å². The van der Waals surface area contributed by atoms with Crippen molar-refractivity contribution < 1.29 is 23.3 Å². The van der Waals surface area contributed by atoms with Crippen molar-refractivity contribution in [1.82, 2.24) is 4.90 Å². The van der Waals surface area contributed by atoms with Gasteiger partial charge in [-0.1, -0.05) is 6.07 Å². The molecule has 0 aliphatic carbocycles. The number of piperidine rings is 1. The van der Waals surface area contributed by atoms with Crippen LogP contribution in [-0.4, -0.2) is 42.0 Å². The molecule has 7 heteroatoms. The second kappa shape index (κ2) is 4.82. The van der Waals surface area contributed by atoms with E-state index in [4.69, 9.17) is 4.65 Å².